The average Bonchev–Trinajstić information content (AvgIpc) is 2.84. The third-order valence-electron chi connectivity index (χ3n) is 1.93. The molecule has 0 aliphatic heterocycles. The third kappa shape index (κ3) is 2.90. The van der Waals surface area contributed by atoms with E-state index in [0.717, 1.165) is 14.5 Å². The highest BCUT2D eigenvalue weighted by Crippen LogP contribution is 2.20. The summed E-state index contributed by atoms with van der Waals surface area (Å²) >= 11 is 6.42. The van der Waals surface area contributed by atoms with Gasteiger partial charge >= 0.3 is 0 Å². The van der Waals surface area contributed by atoms with Crippen molar-refractivity contribution in [2.24, 2.45) is 0 Å². The van der Waals surface area contributed by atoms with E-state index in [0.29, 0.717) is 12.1 Å². The number of thiazole rings is 1. The number of nitrogens with zero attached hydrogens (tertiary/aromatic N) is 1. The second-order valence-electron chi connectivity index (χ2n) is 3.18. The molecule has 2 aromatic heterocycles. The molecule has 2 heterocycles. The third-order valence-corrected chi connectivity index (χ3v) is 4.25. The Morgan fingerprint density at radius 1 is 1.50 bits per heavy atom. The minimum atomic E-state index is -0.0624. The van der Waals surface area contributed by atoms with Gasteiger partial charge in [-0.3, -0.25) is 4.79 Å². The summed E-state index contributed by atoms with van der Waals surface area (Å²) < 4.78 is 0.960. The molecule has 3 nitrogen and oxygen atoms in total. The number of halogens is 1. The number of hydrogen-bond acceptors (Lipinski definition) is 4. The van der Waals surface area contributed by atoms with Gasteiger partial charge in [0.25, 0.3) is 5.91 Å². The highest BCUT2D eigenvalue weighted by atomic mass is 79.9. The molecule has 0 aromatic carbocycles. The average molecular weight is 317 g/mol. The lowest BCUT2D eigenvalue weighted by Gasteiger charge is -2.00. The molecule has 0 saturated heterocycles. The lowest BCUT2D eigenvalue weighted by Crippen LogP contribution is -2.22. The molecule has 2 rings (SSSR count). The highest BCUT2D eigenvalue weighted by molar-refractivity contribution is 9.11. The van der Waals surface area contributed by atoms with E-state index >= 15 is 0 Å². The molecule has 0 atom stereocenters. The van der Waals surface area contributed by atoms with Crippen LogP contribution in [0.2, 0.25) is 0 Å². The van der Waals surface area contributed by atoms with E-state index in [4.69, 9.17) is 0 Å². The number of nitrogens with one attached hydrogen (secondary N) is 1. The predicted octanol–water partition coefficient (Wildman–Crippen LogP) is 3.21. The predicted molar refractivity (Wildman–Crippen MR) is 70.0 cm³/mol. The Balaban J connectivity index is 1.93. The van der Waals surface area contributed by atoms with Crippen molar-refractivity contribution in [2.75, 3.05) is 0 Å². The second kappa shape index (κ2) is 5.07. The van der Waals surface area contributed by atoms with E-state index in [-0.39, 0.29) is 5.91 Å². The summed E-state index contributed by atoms with van der Waals surface area (Å²) in [6.07, 6.45) is 0. The molecule has 84 valence electrons. The molecular weight excluding hydrogens is 308 g/mol. The number of thiophene rings is 1. The minimum Gasteiger partial charge on any atom is -0.346 e. The van der Waals surface area contributed by atoms with E-state index in [1.54, 1.807) is 11.3 Å². The van der Waals surface area contributed by atoms with Crippen LogP contribution in [0.25, 0.3) is 0 Å². The molecule has 0 aliphatic rings. The van der Waals surface area contributed by atoms with Crippen LogP contribution < -0.4 is 5.32 Å². The number of carbonyl (C=O) groups is 1. The van der Waals surface area contributed by atoms with Crippen LogP contribution >= 0.6 is 38.6 Å². The van der Waals surface area contributed by atoms with Crippen LogP contribution in [-0.4, -0.2) is 10.9 Å². The number of aryl methyl sites for hydroxylation is 1. The van der Waals surface area contributed by atoms with Gasteiger partial charge in [-0.1, -0.05) is 0 Å². The molecule has 0 unspecified atom stereocenters. The van der Waals surface area contributed by atoms with Gasteiger partial charge in [-0.25, -0.2) is 4.98 Å². The van der Waals surface area contributed by atoms with E-state index < -0.39 is 0 Å². The number of aromatic nitrogens is 1. The zero-order chi connectivity index (χ0) is 11.5. The Hall–Kier alpha value is -0.720. The van der Waals surface area contributed by atoms with Gasteiger partial charge in [0.15, 0.2) is 0 Å². The normalized spacial score (nSPS) is 10.4. The molecular formula is C10H9BrN2OS2. The molecule has 0 saturated carbocycles. The van der Waals surface area contributed by atoms with Crippen molar-refractivity contribution in [1.82, 2.24) is 10.3 Å². The van der Waals surface area contributed by atoms with Gasteiger partial charge in [-0.05, 0) is 28.9 Å². The van der Waals surface area contributed by atoms with Crippen LogP contribution in [-0.2, 0) is 6.54 Å². The topological polar surface area (TPSA) is 42.0 Å². The highest BCUT2D eigenvalue weighted by Gasteiger charge is 2.08. The van der Waals surface area contributed by atoms with Crippen molar-refractivity contribution >= 4 is 44.5 Å². The standard InChI is InChI=1S/C10H9BrN2OS2/c1-6-13-8(5-15-6)3-12-10(14)7-2-9(11)16-4-7/h2,4-5H,3H2,1H3,(H,12,14). The quantitative estimate of drug-likeness (QED) is 0.944. The summed E-state index contributed by atoms with van der Waals surface area (Å²) in [7, 11) is 0. The van der Waals surface area contributed by atoms with Crippen molar-refractivity contribution in [3.8, 4) is 0 Å². The minimum absolute atomic E-state index is 0.0624. The fourth-order valence-corrected chi connectivity index (χ4v) is 2.94. The van der Waals surface area contributed by atoms with Gasteiger partial charge < -0.3 is 5.32 Å². The molecule has 1 amide bonds. The maximum atomic E-state index is 11.7. The lowest BCUT2D eigenvalue weighted by atomic mass is 10.3. The summed E-state index contributed by atoms with van der Waals surface area (Å²) in [4.78, 5) is 16.0. The van der Waals surface area contributed by atoms with Crippen LogP contribution in [0, 0.1) is 6.92 Å². The summed E-state index contributed by atoms with van der Waals surface area (Å²) in [6, 6.07) is 1.81. The van der Waals surface area contributed by atoms with Gasteiger partial charge in [0, 0.05) is 10.8 Å². The molecule has 0 bridgehead atoms. The second-order valence-corrected chi connectivity index (χ2v) is 6.53. The summed E-state index contributed by atoms with van der Waals surface area (Å²) in [6.45, 7) is 2.43. The molecule has 0 fully saturated rings. The Morgan fingerprint density at radius 2 is 2.31 bits per heavy atom. The van der Waals surface area contributed by atoms with Crippen molar-refractivity contribution in [3.63, 3.8) is 0 Å². The van der Waals surface area contributed by atoms with Gasteiger partial charge in [0.05, 0.1) is 26.6 Å². The molecule has 2 aromatic rings. The Kier molecular flexibility index (Phi) is 3.73. The largest absolute Gasteiger partial charge is 0.346 e. The van der Waals surface area contributed by atoms with Crippen LogP contribution in [0.15, 0.2) is 20.6 Å². The van der Waals surface area contributed by atoms with Crippen molar-refractivity contribution in [2.45, 2.75) is 13.5 Å². The first-order valence-corrected chi connectivity index (χ1v) is 7.13. The SMILES string of the molecule is Cc1nc(CNC(=O)c2csc(Br)c2)cs1. The number of hydrogen-bond donors (Lipinski definition) is 1. The van der Waals surface area contributed by atoms with Crippen molar-refractivity contribution in [3.05, 3.63) is 36.9 Å². The van der Waals surface area contributed by atoms with E-state index in [9.17, 15) is 4.79 Å². The Bertz CT molecular complexity index is 506. The smallest absolute Gasteiger partial charge is 0.252 e. The van der Waals surface area contributed by atoms with Crippen LogP contribution in [0.3, 0.4) is 0 Å². The summed E-state index contributed by atoms with van der Waals surface area (Å²) in [5, 5.41) is 7.63. The molecule has 0 spiro atoms. The van der Waals surface area contributed by atoms with Crippen LogP contribution in [0.1, 0.15) is 21.1 Å². The first kappa shape index (κ1) is 11.8. The van der Waals surface area contributed by atoms with Crippen molar-refractivity contribution in [1.29, 1.82) is 0 Å². The number of carbonyl (C=O) groups excluding carboxylic acids is 1. The summed E-state index contributed by atoms with van der Waals surface area (Å²) in [5.74, 6) is -0.0624. The van der Waals surface area contributed by atoms with Gasteiger partial charge in [-0.2, -0.15) is 0 Å². The maximum Gasteiger partial charge on any atom is 0.252 e. The fourth-order valence-electron chi connectivity index (χ4n) is 1.19. The molecule has 16 heavy (non-hydrogen) atoms. The van der Waals surface area contributed by atoms with Gasteiger partial charge in [-0.15, -0.1) is 22.7 Å². The van der Waals surface area contributed by atoms with Crippen LogP contribution in [0.5, 0.6) is 0 Å². The fraction of sp³-hybridized carbons (Fsp3) is 0.200. The zero-order valence-corrected chi connectivity index (χ0v) is 11.7. The molecule has 0 aliphatic carbocycles. The van der Waals surface area contributed by atoms with Gasteiger partial charge in [0.2, 0.25) is 0 Å². The first-order chi connectivity index (χ1) is 7.65. The number of rotatable bonds is 3. The molecule has 1 N–H and O–H groups in total. The van der Waals surface area contributed by atoms with Crippen LogP contribution in [0.4, 0.5) is 0 Å². The zero-order valence-electron chi connectivity index (χ0n) is 8.49. The lowest BCUT2D eigenvalue weighted by molar-refractivity contribution is 0.0951. The Morgan fingerprint density at radius 3 is 2.88 bits per heavy atom. The van der Waals surface area contributed by atoms with E-state index in [2.05, 4.69) is 26.2 Å². The maximum absolute atomic E-state index is 11.7. The first-order valence-electron chi connectivity index (χ1n) is 4.58. The molecule has 0 radical (unpaired) electrons. The van der Waals surface area contributed by atoms with Crippen molar-refractivity contribution < 1.29 is 4.79 Å². The van der Waals surface area contributed by atoms with Gasteiger partial charge in [0.1, 0.15) is 0 Å². The van der Waals surface area contributed by atoms with E-state index in [1.165, 1.54) is 11.3 Å². The Labute approximate surface area is 110 Å². The molecule has 6 heteroatoms. The van der Waals surface area contributed by atoms with E-state index in [1.807, 2.05) is 23.8 Å². The monoisotopic (exact) mass is 316 g/mol. The summed E-state index contributed by atoms with van der Waals surface area (Å²) in [5.41, 5.74) is 1.59. The number of amides is 1.